The predicted molar refractivity (Wildman–Crippen MR) is 96.5 cm³/mol. The SMILES string of the molecule is CCOc1ccc(NC(C)c2ccc(Br)cc2Br)cc1Cl. The normalized spacial score (nSPS) is 12.0. The fraction of sp³-hybridized carbons (Fsp3) is 0.250. The van der Waals surface area contributed by atoms with Crippen LogP contribution in [-0.4, -0.2) is 6.61 Å². The zero-order valence-corrected chi connectivity index (χ0v) is 15.7. The van der Waals surface area contributed by atoms with Crippen molar-refractivity contribution < 1.29 is 4.74 Å². The molecular formula is C16H16Br2ClNO. The summed E-state index contributed by atoms with van der Waals surface area (Å²) in [6.07, 6.45) is 0. The van der Waals surface area contributed by atoms with E-state index in [-0.39, 0.29) is 6.04 Å². The van der Waals surface area contributed by atoms with E-state index in [1.54, 1.807) is 0 Å². The lowest BCUT2D eigenvalue weighted by atomic mass is 10.1. The molecule has 0 saturated heterocycles. The second-order valence-corrected chi connectivity index (χ2v) is 6.79. The van der Waals surface area contributed by atoms with Gasteiger partial charge in [-0.05, 0) is 49.7 Å². The molecule has 1 atom stereocenters. The topological polar surface area (TPSA) is 21.3 Å². The molecule has 1 unspecified atom stereocenters. The average molecular weight is 434 g/mol. The Kier molecular flexibility index (Phi) is 5.97. The minimum atomic E-state index is 0.154. The molecule has 0 amide bonds. The molecule has 1 N–H and O–H groups in total. The number of ether oxygens (including phenoxy) is 1. The van der Waals surface area contributed by atoms with E-state index in [4.69, 9.17) is 16.3 Å². The molecule has 2 aromatic carbocycles. The van der Waals surface area contributed by atoms with Crippen molar-refractivity contribution in [1.29, 1.82) is 0 Å². The highest BCUT2D eigenvalue weighted by Gasteiger charge is 2.11. The van der Waals surface area contributed by atoms with Gasteiger partial charge in [0.25, 0.3) is 0 Å². The van der Waals surface area contributed by atoms with Crippen LogP contribution in [0.25, 0.3) is 0 Å². The summed E-state index contributed by atoms with van der Waals surface area (Å²) in [5, 5.41) is 4.06. The number of hydrogen-bond donors (Lipinski definition) is 1. The maximum absolute atomic E-state index is 6.21. The lowest BCUT2D eigenvalue weighted by Gasteiger charge is -2.18. The lowest BCUT2D eigenvalue weighted by Crippen LogP contribution is -2.07. The van der Waals surface area contributed by atoms with Gasteiger partial charge in [0.15, 0.2) is 0 Å². The molecular weight excluding hydrogens is 417 g/mol. The maximum Gasteiger partial charge on any atom is 0.138 e. The molecule has 0 aliphatic carbocycles. The van der Waals surface area contributed by atoms with Crippen molar-refractivity contribution in [2.75, 3.05) is 11.9 Å². The van der Waals surface area contributed by atoms with E-state index in [0.29, 0.717) is 17.4 Å². The van der Waals surface area contributed by atoms with Crippen molar-refractivity contribution in [2.45, 2.75) is 19.9 Å². The van der Waals surface area contributed by atoms with Crippen LogP contribution in [0.4, 0.5) is 5.69 Å². The van der Waals surface area contributed by atoms with Crippen molar-refractivity contribution in [3.8, 4) is 5.75 Å². The van der Waals surface area contributed by atoms with Crippen molar-refractivity contribution in [3.05, 3.63) is 55.9 Å². The van der Waals surface area contributed by atoms with Crippen molar-refractivity contribution >= 4 is 49.1 Å². The van der Waals surface area contributed by atoms with Gasteiger partial charge in [-0.25, -0.2) is 0 Å². The van der Waals surface area contributed by atoms with Gasteiger partial charge in [0, 0.05) is 20.7 Å². The van der Waals surface area contributed by atoms with Crippen LogP contribution in [0.1, 0.15) is 25.5 Å². The molecule has 0 spiro atoms. The highest BCUT2D eigenvalue weighted by atomic mass is 79.9. The zero-order valence-electron chi connectivity index (χ0n) is 11.8. The first-order chi connectivity index (χ1) is 10.0. The number of anilines is 1. The number of benzene rings is 2. The predicted octanol–water partition coefficient (Wildman–Crippen LogP) is 6.44. The first-order valence-corrected chi connectivity index (χ1v) is 8.61. The van der Waals surface area contributed by atoms with Crippen LogP contribution in [-0.2, 0) is 0 Å². The summed E-state index contributed by atoms with van der Waals surface area (Å²) >= 11 is 13.3. The third kappa shape index (κ3) is 4.38. The van der Waals surface area contributed by atoms with E-state index in [1.807, 2.05) is 37.3 Å². The molecule has 0 heterocycles. The van der Waals surface area contributed by atoms with Crippen LogP contribution in [0.2, 0.25) is 5.02 Å². The van der Waals surface area contributed by atoms with E-state index in [2.05, 4.69) is 50.2 Å². The number of halogens is 3. The van der Waals surface area contributed by atoms with Gasteiger partial charge in [-0.1, -0.05) is 49.5 Å². The standard InChI is InChI=1S/C16H16Br2ClNO/c1-3-21-16-7-5-12(9-15(16)19)20-10(2)13-6-4-11(17)8-14(13)18/h4-10,20H,3H2,1-2H3. The fourth-order valence-electron chi connectivity index (χ4n) is 2.04. The van der Waals surface area contributed by atoms with Gasteiger partial charge in [-0.3, -0.25) is 0 Å². The first-order valence-electron chi connectivity index (χ1n) is 6.65. The smallest absolute Gasteiger partial charge is 0.138 e. The Labute approximate surface area is 147 Å². The van der Waals surface area contributed by atoms with Gasteiger partial charge in [0.05, 0.1) is 11.6 Å². The molecule has 0 aliphatic rings. The molecule has 0 fully saturated rings. The summed E-state index contributed by atoms with van der Waals surface area (Å²) in [6, 6.07) is 12.1. The summed E-state index contributed by atoms with van der Waals surface area (Å²) in [4.78, 5) is 0. The van der Waals surface area contributed by atoms with E-state index in [1.165, 1.54) is 5.56 Å². The highest BCUT2D eigenvalue weighted by Crippen LogP contribution is 2.32. The van der Waals surface area contributed by atoms with Crippen LogP contribution in [0.15, 0.2) is 45.3 Å². The van der Waals surface area contributed by atoms with Crippen molar-refractivity contribution in [3.63, 3.8) is 0 Å². The molecule has 2 rings (SSSR count). The second kappa shape index (κ2) is 7.52. The monoisotopic (exact) mass is 431 g/mol. The summed E-state index contributed by atoms with van der Waals surface area (Å²) in [5.41, 5.74) is 2.15. The van der Waals surface area contributed by atoms with E-state index >= 15 is 0 Å². The Bertz CT molecular complexity index is 634. The van der Waals surface area contributed by atoms with Crippen molar-refractivity contribution in [2.24, 2.45) is 0 Å². The Hall–Kier alpha value is -0.710. The van der Waals surface area contributed by atoms with Gasteiger partial charge < -0.3 is 10.1 Å². The summed E-state index contributed by atoms with van der Waals surface area (Å²) in [7, 11) is 0. The van der Waals surface area contributed by atoms with E-state index in [9.17, 15) is 0 Å². The van der Waals surface area contributed by atoms with Crippen LogP contribution >= 0.6 is 43.5 Å². The number of rotatable bonds is 5. The Morgan fingerprint density at radius 2 is 1.95 bits per heavy atom. The number of nitrogens with one attached hydrogen (secondary N) is 1. The Balaban J connectivity index is 2.15. The molecule has 0 radical (unpaired) electrons. The lowest BCUT2D eigenvalue weighted by molar-refractivity contribution is 0.340. The Morgan fingerprint density at radius 3 is 2.57 bits per heavy atom. The fourth-order valence-corrected chi connectivity index (χ4v) is 3.67. The summed E-state index contributed by atoms with van der Waals surface area (Å²) < 4.78 is 7.56. The summed E-state index contributed by atoms with van der Waals surface area (Å²) in [6.45, 7) is 4.66. The molecule has 0 saturated carbocycles. The van der Waals surface area contributed by atoms with Crippen LogP contribution < -0.4 is 10.1 Å². The van der Waals surface area contributed by atoms with Crippen LogP contribution in [0.5, 0.6) is 5.75 Å². The average Bonchev–Trinajstić information content (AvgIpc) is 2.41. The molecule has 5 heteroatoms. The molecule has 2 nitrogen and oxygen atoms in total. The molecule has 0 bridgehead atoms. The van der Waals surface area contributed by atoms with Crippen molar-refractivity contribution in [1.82, 2.24) is 0 Å². The molecule has 112 valence electrons. The largest absolute Gasteiger partial charge is 0.492 e. The quantitative estimate of drug-likeness (QED) is 0.586. The summed E-state index contributed by atoms with van der Waals surface area (Å²) in [5.74, 6) is 0.710. The van der Waals surface area contributed by atoms with E-state index in [0.717, 1.165) is 14.6 Å². The maximum atomic E-state index is 6.21. The molecule has 0 aliphatic heterocycles. The van der Waals surface area contributed by atoms with Gasteiger partial charge in [0.2, 0.25) is 0 Å². The highest BCUT2D eigenvalue weighted by molar-refractivity contribution is 9.11. The second-order valence-electron chi connectivity index (χ2n) is 4.61. The molecule has 21 heavy (non-hydrogen) atoms. The van der Waals surface area contributed by atoms with Gasteiger partial charge >= 0.3 is 0 Å². The zero-order chi connectivity index (χ0) is 15.4. The van der Waals surface area contributed by atoms with Gasteiger partial charge in [-0.15, -0.1) is 0 Å². The molecule has 0 aromatic heterocycles. The van der Waals surface area contributed by atoms with Gasteiger partial charge in [0.1, 0.15) is 5.75 Å². The minimum Gasteiger partial charge on any atom is -0.492 e. The van der Waals surface area contributed by atoms with E-state index < -0.39 is 0 Å². The molecule has 2 aromatic rings. The third-order valence-electron chi connectivity index (χ3n) is 3.04. The van der Waals surface area contributed by atoms with Crippen LogP contribution in [0.3, 0.4) is 0 Å². The van der Waals surface area contributed by atoms with Gasteiger partial charge in [-0.2, -0.15) is 0 Å². The minimum absolute atomic E-state index is 0.154. The van der Waals surface area contributed by atoms with Crippen LogP contribution in [0, 0.1) is 0 Å². The first kappa shape index (κ1) is 16.7. The Morgan fingerprint density at radius 1 is 1.19 bits per heavy atom. The number of hydrogen-bond acceptors (Lipinski definition) is 2. The third-order valence-corrected chi connectivity index (χ3v) is 4.52.